The van der Waals surface area contributed by atoms with Crippen molar-refractivity contribution in [2.24, 2.45) is 0 Å². The summed E-state index contributed by atoms with van der Waals surface area (Å²) in [5, 5.41) is 1.22. The maximum Gasteiger partial charge on any atom is 0.147 e. The van der Waals surface area contributed by atoms with Gasteiger partial charge in [-0.15, -0.1) is 11.8 Å². The Hall–Kier alpha value is -1.10. The number of para-hydroxylation sites is 1. The van der Waals surface area contributed by atoms with E-state index in [1.807, 2.05) is 30.1 Å². The van der Waals surface area contributed by atoms with E-state index in [0.717, 1.165) is 24.3 Å². The van der Waals surface area contributed by atoms with Gasteiger partial charge in [0.25, 0.3) is 0 Å². The predicted octanol–water partition coefficient (Wildman–Crippen LogP) is 3.09. The lowest BCUT2D eigenvalue weighted by molar-refractivity contribution is -0.130. The number of pyridine rings is 1. The Morgan fingerprint density at radius 3 is 3.11 bits per heavy atom. The zero-order chi connectivity index (χ0) is 12.2. The molecule has 1 saturated heterocycles. The van der Waals surface area contributed by atoms with Crippen LogP contribution < -0.4 is 0 Å². The van der Waals surface area contributed by atoms with Crippen molar-refractivity contribution in [2.45, 2.75) is 17.4 Å². The monoisotopic (exact) mass is 261 g/mol. The van der Waals surface area contributed by atoms with Crippen molar-refractivity contribution in [3.8, 4) is 0 Å². The summed E-state index contributed by atoms with van der Waals surface area (Å²) in [5.74, 6) is 0.970. The Morgan fingerprint density at radius 2 is 2.22 bits per heavy atom. The molecule has 0 bridgehead atoms. The van der Waals surface area contributed by atoms with Crippen molar-refractivity contribution in [1.29, 1.82) is 0 Å². The number of fused-ring (bicyclic) bond motifs is 1. The molecule has 0 saturated carbocycles. The van der Waals surface area contributed by atoms with Crippen LogP contribution in [-0.2, 0) is 9.47 Å². The van der Waals surface area contributed by atoms with E-state index in [1.165, 1.54) is 10.3 Å². The van der Waals surface area contributed by atoms with Gasteiger partial charge in [-0.1, -0.05) is 18.2 Å². The molecule has 0 spiro atoms. The van der Waals surface area contributed by atoms with Gasteiger partial charge in [-0.2, -0.15) is 0 Å². The van der Waals surface area contributed by atoms with Crippen LogP contribution in [0.3, 0.4) is 0 Å². The first-order valence-electron chi connectivity index (χ1n) is 6.09. The molecule has 0 N–H and O–H groups in total. The molecule has 0 unspecified atom stereocenters. The fourth-order valence-electron chi connectivity index (χ4n) is 2.01. The van der Waals surface area contributed by atoms with Gasteiger partial charge in [0.05, 0.1) is 18.2 Å². The van der Waals surface area contributed by atoms with E-state index in [0.29, 0.717) is 12.9 Å². The highest BCUT2D eigenvalue weighted by Gasteiger charge is 2.14. The molecule has 3 nitrogen and oxygen atoms in total. The molecule has 1 aromatic carbocycles. The lowest BCUT2D eigenvalue weighted by Gasteiger charge is -2.22. The van der Waals surface area contributed by atoms with Crippen LogP contribution in [0, 0.1) is 0 Å². The predicted molar refractivity (Wildman–Crippen MR) is 72.8 cm³/mol. The summed E-state index contributed by atoms with van der Waals surface area (Å²) >= 11 is 1.84. The number of hydrogen-bond donors (Lipinski definition) is 0. The second-order valence-corrected chi connectivity index (χ2v) is 5.30. The number of nitrogens with zero attached hydrogens (tertiary/aromatic N) is 1. The van der Waals surface area contributed by atoms with Gasteiger partial charge >= 0.3 is 0 Å². The summed E-state index contributed by atoms with van der Waals surface area (Å²) in [7, 11) is 0. The van der Waals surface area contributed by atoms with Crippen LogP contribution in [-0.4, -0.2) is 30.2 Å². The fourth-order valence-corrected chi connectivity index (χ4v) is 3.12. The molecule has 1 aliphatic heterocycles. The Balaban J connectivity index is 1.74. The van der Waals surface area contributed by atoms with E-state index in [9.17, 15) is 0 Å². The molecule has 94 valence electrons. The number of ether oxygens (including phenoxy) is 2. The summed E-state index contributed by atoms with van der Waals surface area (Å²) in [6.45, 7) is 1.24. The summed E-state index contributed by atoms with van der Waals surface area (Å²) in [6.07, 6.45) is 3.15. The molecule has 4 heteroatoms. The standard InChI is InChI=1S/C14H15NO2S/c1-2-4-13-12(3-1)14(5-7-15-13)18-9-11-6-8-16-10-17-11/h1-5,7,11H,6,8-10H2/t11-/m1/s1. The van der Waals surface area contributed by atoms with E-state index in [4.69, 9.17) is 9.47 Å². The fraction of sp³-hybridized carbons (Fsp3) is 0.357. The van der Waals surface area contributed by atoms with Crippen molar-refractivity contribution in [3.63, 3.8) is 0 Å². The largest absolute Gasteiger partial charge is 0.355 e. The van der Waals surface area contributed by atoms with E-state index in [-0.39, 0.29) is 0 Å². The number of thioether (sulfide) groups is 1. The summed E-state index contributed by atoms with van der Waals surface area (Å²) in [6, 6.07) is 10.3. The van der Waals surface area contributed by atoms with E-state index < -0.39 is 0 Å². The second kappa shape index (κ2) is 5.69. The number of hydrogen-bond acceptors (Lipinski definition) is 4. The molecule has 18 heavy (non-hydrogen) atoms. The minimum absolute atomic E-state index is 0.302. The van der Waals surface area contributed by atoms with Gasteiger partial charge in [-0.25, -0.2) is 0 Å². The molecule has 1 aliphatic rings. The Morgan fingerprint density at radius 1 is 1.28 bits per heavy atom. The van der Waals surface area contributed by atoms with Crippen LogP contribution in [0.25, 0.3) is 10.9 Å². The minimum atomic E-state index is 0.302. The van der Waals surface area contributed by atoms with Gasteiger partial charge in [0.1, 0.15) is 6.79 Å². The van der Waals surface area contributed by atoms with Crippen LogP contribution >= 0.6 is 11.8 Å². The molecule has 1 atom stereocenters. The third kappa shape index (κ3) is 2.66. The van der Waals surface area contributed by atoms with Crippen LogP contribution in [0.5, 0.6) is 0 Å². The normalized spacial score (nSPS) is 20.1. The highest BCUT2D eigenvalue weighted by molar-refractivity contribution is 7.99. The van der Waals surface area contributed by atoms with Gasteiger partial charge in [-0.3, -0.25) is 4.98 Å². The molecule has 2 heterocycles. The van der Waals surface area contributed by atoms with Gasteiger partial charge in [0.15, 0.2) is 0 Å². The van der Waals surface area contributed by atoms with E-state index in [1.54, 1.807) is 0 Å². The van der Waals surface area contributed by atoms with E-state index >= 15 is 0 Å². The molecular formula is C14H15NO2S. The van der Waals surface area contributed by atoms with Crippen molar-refractivity contribution in [3.05, 3.63) is 36.5 Å². The maximum atomic E-state index is 5.55. The molecule has 3 rings (SSSR count). The lowest BCUT2D eigenvalue weighted by atomic mass is 10.2. The first-order valence-corrected chi connectivity index (χ1v) is 7.08. The van der Waals surface area contributed by atoms with Gasteiger partial charge in [0, 0.05) is 22.2 Å². The van der Waals surface area contributed by atoms with Crippen molar-refractivity contribution in [2.75, 3.05) is 19.2 Å². The minimum Gasteiger partial charge on any atom is -0.355 e. The topological polar surface area (TPSA) is 31.4 Å². The van der Waals surface area contributed by atoms with Crippen LogP contribution in [0.2, 0.25) is 0 Å². The third-order valence-corrected chi connectivity index (χ3v) is 4.21. The average Bonchev–Trinajstić information content (AvgIpc) is 2.46. The SMILES string of the molecule is c1ccc2c(SC[C@H]3CCOCO3)ccnc2c1. The highest BCUT2D eigenvalue weighted by Crippen LogP contribution is 2.28. The van der Waals surface area contributed by atoms with Crippen molar-refractivity contribution < 1.29 is 9.47 Å². The quantitative estimate of drug-likeness (QED) is 0.795. The van der Waals surface area contributed by atoms with Crippen LogP contribution in [0.15, 0.2) is 41.4 Å². The number of rotatable bonds is 3. The number of aromatic nitrogens is 1. The molecular weight excluding hydrogens is 246 g/mol. The zero-order valence-corrected chi connectivity index (χ0v) is 10.9. The molecule has 0 amide bonds. The van der Waals surface area contributed by atoms with Crippen LogP contribution in [0.4, 0.5) is 0 Å². The molecule has 1 aromatic heterocycles. The van der Waals surface area contributed by atoms with Crippen molar-refractivity contribution >= 4 is 22.7 Å². The highest BCUT2D eigenvalue weighted by atomic mass is 32.2. The molecule has 1 fully saturated rings. The third-order valence-electron chi connectivity index (χ3n) is 3.01. The zero-order valence-electron chi connectivity index (χ0n) is 10.0. The second-order valence-electron chi connectivity index (χ2n) is 4.24. The molecule has 0 aliphatic carbocycles. The Labute approximate surface area is 111 Å². The van der Waals surface area contributed by atoms with E-state index in [2.05, 4.69) is 23.2 Å². The maximum absolute atomic E-state index is 5.55. The Bertz CT molecular complexity index is 521. The molecule has 0 radical (unpaired) electrons. The first kappa shape index (κ1) is 12.0. The summed E-state index contributed by atoms with van der Waals surface area (Å²) < 4.78 is 10.7. The van der Waals surface area contributed by atoms with Crippen molar-refractivity contribution in [1.82, 2.24) is 4.98 Å². The Kier molecular flexibility index (Phi) is 3.78. The van der Waals surface area contributed by atoms with Gasteiger partial charge in [0.2, 0.25) is 0 Å². The summed E-state index contributed by atoms with van der Waals surface area (Å²) in [4.78, 5) is 5.65. The summed E-state index contributed by atoms with van der Waals surface area (Å²) in [5.41, 5.74) is 1.05. The molecule has 2 aromatic rings. The van der Waals surface area contributed by atoms with Gasteiger partial charge in [-0.05, 0) is 18.6 Å². The number of benzene rings is 1. The first-order chi connectivity index (χ1) is 8.93. The lowest BCUT2D eigenvalue weighted by Crippen LogP contribution is -2.25. The van der Waals surface area contributed by atoms with Crippen LogP contribution in [0.1, 0.15) is 6.42 Å². The average molecular weight is 261 g/mol. The van der Waals surface area contributed by atoms with Gasteiger partial charge < -0.3 is 9.47 Å². The smallest absolute Gasteiger partial charge is 0.147 e.